The fourth-order valence-electron chi connectivity index (χ4n) is 2.92. The molecule has 1 atom stereocenters. The van der Waals surface area contributed by atoms with Crippen LogP contribution in [0.4, 0.5) is 0 Å². The smallest absolute Gasteiger partial charge is 0.247 e. The second-order valence-electron chi connectivity index (χ2n) is 6.54. The van der Waals surface area contributed by atoms with Crippen LogP contribution in [0.3, 0.4) is 0 Å². The van der Waals surface area contributed by atoms with E-state index in [1.807, 2.05) is 13.8 Å². The van der Waals surface area contributed by atoms with E-state index >= 15 is 0 Å². The number of methoxy groups -OCH3 is 2. The molecule has 0 saturated carbocycles. The van der Waals surface area contributed by atoms with E-state index in [9.17, 15) is 16.8 Å². The van der Waals surface area contributed by atoms with E-state index in [1.54, 1.807) is 6.07 Å². The third-order valence-corrected chi connectivity index (χ3v) is 7.81. The zero-order chi connectivity index (χ0) is 18.8. The molecule has 9 heteroatoms. The van der Waals surface area contributed by atoms with Crippen LogP contribution in [0, 0.1) is 5.92 Å². The summed E-state index contributed by atoms with van der Waals surface area (Å²) in [4.78, 5) is -0.0145. The third kappa shape index (κ3) is 4.45. The summed E-state index contributed by atoms with van der Waals surface area (Å²) in [5, 5.41) is 0. The Kier molecular flexibility index (Phi) is 6.01. The Hall–Kier alpha value is -1.32. The summed E-state index contributed by atoms with van der Waals surface area (Å²) in [6.45, 7) is 4.03. The number of sulfone groups is 1. The van der Waals surface area contributed by atoms with Crippen LogP contribution in [0.1, 0.15) is 20.3 Å². The Morgan fingerprint density at radius 3 is 2.40 bits per heavy atom. The molecule has 0 N–H and O–H groups in total. The van der Waals surface area contributed by atoms with Crippen molar-refractivity contribution in [3.63, 3.8) is 0 Å². The van der Waals surface area contributed by atoms with Gasteiger partial charge in [-0.25, -0.2) is 16.8 Å². The van der Waals surface area contributed by atoms with Crippen LogP contribution in [0.15, 0.2) is 23.1 Å². The molecule has 0 aromatic heterocycles. The van der Waals surface area contributed by atoms with Gasteiger partial charge in [0.2, 0.25) is 10.0 Å². The minimum absolute atomic E-state index is 0.0109. The molecule has 1 aliphatic rings. The maximum Gasteiger partial charge on any atom is 0.247 e. The van der Waals surface area contributed by atoms with E-state index in [0.29, 0.717) is 12.2 Å². The number of ether oxygens (including phenoxy) is 2. The van der Waals surface area contributed by atoms with Crippen LogP contribution in [0.2, 0.25) is 0 Å². The standard InChI is InChI=1S/C16H25NO6S2/c1-12(2)10-17(13-7-8-24(18,19)11-13)25(20,21)16-9-14(22-3)5-6-15(16)23-4/h5-6,9,12-13H,7-8,10-11H2,1-4H3/t13-/m1/s1. The van der Waals surface area contributed by atoms with Crippen molar-refractivity contribution in [1.29, 1.82) is 0 Å². The van der Waals surface area contributed by atoms with Crippen molar-refractivity contribution in [2.45, 2.75) is 31.2 Å². The molecule has 0 unspecified atom stereocenters. The predicted molar refractivity (Wildman–Crippen MR) is 95.3 cm³/mol. The van der Waals surface area contributed by atoms with Gasteiger partial charge in [-0.1, -0.05) is 13.8 Å². The second kappa shape index (κ2) is 7.51. The lowest BCUT2D eigenvalue weighted by atomic mass is 10.2. The maximum atomic E-state index is 13.3. The summed E-state index contributed by atoms with van der Waals surface area (Å²) in [7, 11) is -4.30. The largest absolute Gasteiger partial charge is 0.497 e. The van der Waals surface area contributed by atoms with E-state index < -0.39 is 25.9 Å². The first-order chi connectivity index (χ1) is 11.6. The van der Waals surface area contributed by atoms with Crippen molar-refractivity contribution in [3.05, 3.63) is 18.2 Å². The molecule has 1 fully saturated rings. The summed E-state index contributed by atoms with van der Waals surface area (Å²) in [6, 6.07) is 3.99. The Morgan fingerprint density at radius 1 is 1.24 bits per heavy atom. The zero-order valence-corrected chi connectivity index (χ0v) is 16.6. The van der Waals surface area contributed by atoms with Gasteiger partial charge in [0, 0.05) is 18.7 Å². The van der Waals surface area contributed by atoms with Gasteiger partial charge in [-0.05, 0) is 24.5 Å². The molecule has 0 amide bonds. The lowest BCUT2D eigenvalue weighted by Gasteiger charge is -2.29. The first-order valence-electron chi connectivity index (χ1n) is 8.05. The van der Waals surface area contributed by atoms with E-state index in [-0.39, 0.29) is 34.6 Å². The number of nitrogens with zero attached hydrogens (tertiary/aromatic N) is 1. The number of hydrogen-bond acceptors (Lipinski definition) is 6. The summed E-state index contributed by atoms with van der Waals surface area (Å²) in [5.41, 5.74) is 0. The topological polar surface area (TPSA) is 90.0 Å². The highest BCUT2D eigenvalue weighted by Gasteiger charge is 2.40. The first kappa shape index (κ1) is 20.0. The van der Waals surface area contributed by atoms with Gasteiger partial charge in [-0.3, -0.25) is 0 Å². The van der Waals surface area contributed by atoms with E-state index in [4.69, 9.17) is 9.47 Å². The lowest BCUT2D eigenvalue weighted by Crippen LogP contribution is -2.43. The molecule has 2 rings (SSSR count). The van der Waals surface area contributed by atoms with Crippen molar-refractivity contribution in [3.8, 4) is 11.5 Å². The van der Waals surface area contributed by atoms with Crippen molar-refractivity contribution < 1.29 is 26.3 Å². The van der Waals surface area contributed by atoms with Gasteiger partial charge in [0.05, 0.1) is 25.7 Å². The zero-order valence-electron chi connectivity index (χ0n) is 14.9. The molecule has 1 aromatic carbocycles. The monoisotopic (exact) mass is 391 g/mol. The molecule has 1 aliphatic heterocycles. The molecule has 25 heavy (non-hydrogen) atoms. The van der Waals surface area contributed by atoms with Crippen molar-refractivity contribution >= 4 is 19.9 Å². The second-order valence-corrected chi connectivity index (χ2v) is 10.6. The van der Waals surface area contributed by atoms with Crippen LogP contribution in [-0.2, 0) is 19.9 Å². The lowest BCUT2D eigenvalue weighted by molar-refractivity contribution is 0.305. The van der Waals surface area contributed by atoms with Crippen molar-refractivity contribution in [2.24, 2.45) is 5.92 Å². The van der Waals surface area contributed by atoms with Crippen molar-refractivity contribution in [2.75, 3.05) is 32.3 Å². The predicted octanol–water partition coefficient (Wildman–Crippen LogP) is 1.54. The van der Waals surface area contributed by atoms with Crippen molar-refractivity contribution in [1.82, 2.24) is 4.31 Å². The summed E-state index contributed by atoms with van der Waals surface area (Å²) in [5.74, 6) is 0.510. The van der Waals surface area contributed by atoms with E-state index in [2.05, 4.69) is 0 Å². The van der Waals surface area contributed by atoms with Crippen LogP contribution in [0.5, 0.6) is 11.5 Å². The highest BCUT2D eigenvalue weighted by Crippen LogP contribution is 2.33. The number of hydrogen-bond donors (Lipinski definition) is 0. The summed E-state index contributed by atoms with van der Waals surface area (Å²) >= 11 is 0. The molecular weight excluding hydrogens is 366 g/mol. The van der Waals surface area contributed by atoms with Crippen LogP contribution in [-0.4, -0.2) is 59.5 Å². The number of rotatable bonds is 7. The first-order valence-corrected chi connectivity index (χ1v) is 11.3. The van der Waals surface area contributed by atoms with Gasteiger partial charge in [0.25, 0.3) is 0 Å². The Labute approximate surface area is 149 Å². The van der Waals surface area contributed by atoms with Crippen LogP contribution < -0.4 is 9.47 Å². The average molecular weight is 392 g/mol. The number of benzene rings is 1. The molecule has 1 saturated heterocycles. The van der Waals surface area contributed by atoms with Gasteiger partial charge in [-0.15, -0.1) is 0 Å². The maximum absolute atomic E-state index is 13.3. The Bertz CT molecular complexity index is 817. The number of sulfonamides is 1. The van der Waals surface area contributed by atoms with Gasteiger partial charge in [-0.2, -0.15) is 4.31 Å². The highest BCUT2D eigenvalue weighted by molar-refractivity contribution is 7.92. The van der Waals surface area contributed by atoms with E-state index in [0.717, 1.165) is 0 Å². The fraction of sp³-hybridized carbons (Fsp3) is 0.625. The third-order valence-electron chi connectivity index (χ3n) is 4.12. The molecule has 142 valence electrons. The van der Waals surface area contributed by atoms with Gasteiger partial charge in [0.1, 0.15) is 16.4 Å². The van der Waals surface area contributed by atoms with Gasteiger partial charge in [0.15, 0.2) is 9.84 Å². The van der Waals surface area contributed by atoms with E-state index in [1.165, 1.54) is 30.7 Å². The van der Waals surface area contributed by atoms with Gasteiger partial charge >= 0.3 is 0 Å². The van der Waals surface area contributed by atoms with Crippen LogP contribution >= 0.6 is 0 Å². The highest BCUT2D eigenvalue weighted by atomic mass is 32.2. The molecular formula is C16H25NO6S2. The normalized spacial score (nSPS) is 20.2. The molecule has 0 radical (unpaired) electrons. The molecule has 1 aromatic rings. The molecule has 0 aliphatic carbocycles. The molecule has 7 nitrogen and oxygen atoms in total. The molecule has 0 bridgehead atoms. The van der Waals surface area contributed by atoms with Gasteiger partial charge < -0.3 is 9.47 Å². The Morgan fingerprint density at radius 2 is 1.92 bits per heavy atom. The summed E-state index contributed by atoms with van der Waals surface area (Å²) < 4.78 is 62.0. The van der Waals surface area contributed by atoms with Crippen LogP contribution in [0.25, 0.3) is 0 Å². The molecule has 1 heterocycles. The fourth-order valence-corrected chi connectivity index (χ4v) is 6.73. The average Bonchev–Trinajstić information content (AvgIpc) is 2.91. The minimum Gasteiger partial charge on any atom is -0.497 e. The quantitative estimate of drug-likeness (QED) is 0.700. The SMILES string of the molecule is COc1ccc(OC)c(S(=O)(=O)N(CC(C)C)[C@@H]2CCS(=O)(=O)C2)c1. The minimum atomic E-state index is -3.94. The molecule has 0 spiro atoms. The Balaban J connectivity index is 2.52. The summed E-state index contributed by atoms with van der Waals surface area (Å²) in [6.07, 6.45) is 0.306.